The molecule has 122 valence electrons. The number of aromatic nitrogens is 2. The van der Waals surface area contributed by atoms with Crippen LogP contribution < -0.4 is 0 Å². The number of halogens is 1. The van der Waals surface area contributed by atoms with Crippen molar-refractivity contribution < 1.29 is 14.4 Å². The van der Waals surface area contributed by atoms with E-state index in [1.165, 1.54) is 26.4 Å². The topological polar surface area (TPSA) is 75.5 Å². The molecule has 0 aliphatic carbocycles. The lowest BCUT2D eigenvalue weighted by molar-refractivity contribution is -0.134. The third-order valence-electron chi connectivity index (χ3n) is 3.65. The minimum atomic E-state index is -0.654. The first-order chi connectivity index (χ1) is 11.4. The zero-order valence-corrected chi connectivity index (χ0v) is 13.7. The van der Waals surface area contributed by atoms with E-state index in [0.29, 0.717) is 10.6 Å². The highest BCUT2D eigenvalue weighted by Crippen LogP contribution is 2.19. The second-order valence-electron chi connectivity index (χ2n) is 5.26. The van der Waals surface area contributed by atoms with Gasteiger partial charge in [0, 0.05) is 30.9 Å². The van der Waals surface area contributed by atoms with Gasteiger partial charge in [0.25, 0.3) is 11.8 Å². The van der Waals surface area contributed by atoms with E-state index in [-0.39, 0.29) is 5.57 Å². The number of urea groups is 1. The molecule has 1 aromatic heterocycles. The van der Waals surface area contributed by atoms with Crippen molar-refractivity contribution in [1.29, 1.82) is 0 Å². The number of hydrogen-bond donors (Lipinski definition) is 0. The van der Waals surface area contributed by atoms with Crippen molar-refractivity contribution in [3.05, 3.63) is 52.8 Å². The molecule has 2 aromatic rings. The predicted molar refractivity (Wildman–Crippen MR) is 87.5 cm³/mol. The summed E-state index contributed by atoms with van der Waals surface area (Å²) in [6.07, 6.45) is 4.62. The van der Waals surface area contributed by atoms with Crippen LogP contribution in [0.5, 0.6) is 0 Å². The smallest absolute Gasteiger partial charge is 0.268 e. The third kappa shape index (κ3) is 2.69. The number of carbonyl (C=O) groups is 3. The molecule has 1 aromatic carbocycles. The summed E-state index contributed by atoms with van der Waals surface area (Å²) in [6, 6.07) is 6.41. The Morgan fingerprint density at radius 1 is 1.00 bits per heavy atom. The first-order valence-corrected chi connectivity index (χ1v) is 7.38. The number of amides is 4. The molecule has 3 rings (SSSR count). The number of imide groups is 2. The Kier molecular flexibility index (Phi) is 3.94. The Balaban J connectivity index is 1.94. The summed E-state index contributed by atoms with van der Waals surface area (Å²) in [6.45, 7) is 0. The average Bonchev–Trinajstić information content (AvgIpc) is 3.04. The van der Waals surface area contributed by atoms with E-state index in [0.717, 1.165) is 15.5 Å². The van der Waals surface area contributed by atoms with Crippen molar-refractivity contribution >= 4 is 35.5 Å². The van der Waals surface area contributed by atoms with Crippen LogP contribution in [0.25, 0.3) is 11.8 Å². The summed E-state index contributed by atoms with van der Waals surface area (Å²) in [5, 5.41) is 4.81. The van der Waals surface area contributed by atoms with Crippen LogP contribution in [0.1, 0.15) is 5.56 Å². The van der Waals surface area contributed by atoms with Gasteiger partial charge >= 0.3 is 6.03 Å². The Hall–Kier alpha value is -2.93. The molecule has 8 heteroatoms. The third-order valence-corrected chi connectivity index (χ3v) is 3.90. The van der Waals surface area contributed by atoms with Crippen LogP contribution in [-0.4, -0.2) is 51.5 Å². The maximum Gasteiger partial charge on any atom is 0.333 e. The van der Waals surface area contributed by atoms with E-state index in [9.17, 15) is 14.4 Å². The van der Waals surface area contributed by atoms with Crippen molar-refractivity contribution in [2.24, 2.45) is 0 Å². The fourth-order valence-electron chi connectivity index (χ4n) is 2.29. The summed E-state index contributed by atoms with van der Waals surface area (Å²) >= 11 is 5.85. The second-order valence-corrected chi connectivity index (χ2v) is 5.70. The van der Waals surface area contributed by atoms with Crippen molar-refractivity contribution in [2.45, 2.75) is 0 Å². The van der Waals surface area contributed by atoms with Gasteiger partial charge in [-0.25, -0.2) is 9.48 Å². The molecule has 0 unspecified atom stereocenters. The van der Waals surface area contributed by atoms with Crippen LogP contribution in [0, 0.1) is 0 Å². The number of rotatable bonds is 2. The van der Waals surface area contributed by atoms with Gasteiger partial charge in [-0.05, 0) is 30.3 Å². The van der Waals surface area contributed by atoms with Crippen LogP contribution in [-0.2, 0) is 9.59 Å². The van der Waals surface area contributed by atoms with Crippen LogP contribution >= 0.6 is 11.6 Å². The minimum Gasteiger partial charge on any atom is -0.268 e. The maximum atomic E-state index is 12.2. The quantitative estimate of drug-likeness (QED) is 0.616. The molecule has 0 radical (unpaired) electrons. The van der Waals surface area contributed by atoms with Crippen LogP contribution in [0.15, 0.2) is 42.2 Å². The number of barbiturate groups is 1. The van der Waals surface area contributed by atoms with Gasteiger partial charge in [-0.1, -0.05) is 11.6 Å². The molecule has 4 amide bonds. The lowest BCUT2D eigenvalue weighted by Gasteiger charge is -2.28. The Labute approximate surface area is 142 Å². The van der Waals surface area contributed by atoms with Gasteiger partial charge in [-0.15, -0.1) is 0 Å². The van der Waals surface area contributed by atoms with Crippen molar-refractivity contribution in [1.82, 2.24) is 19.6 Å². The standard InChI is InChI=1S/C16H13ClN4O3/c1-19-14(22)13(15(23)20(2)16(19)24)7-10-8-18-21(9-10)12-5-3-11(17)4-6-12/h3-9H,1-2H3. The minimum absolute atomic E-state index is 0.0877. The normalized spacial score (nSPS) is 15.3. The van der Waals surface area contributed by atoms with Crippen LogP contribution in [0.3, 0.4) is 0 Å². The molecule has 2 heterocycles. The Morgan fingerprint density at radius 3 is 2.17 bits per heavy atom. The molecule has 0 bridgehead atoms. The molecule has 1 aliphatic rings. The molecule has 0 atom stereocenters. The van der Waals surface area contributed by atoms with Crippen molar-refractivity contribution in [3.63, 3.8) is 0 Å². The lowest BCUT2D eigenvalue weighted by atomic mass is 10.1. The van der Waals surface area contributed by atoms with E-state index in [1.54, 1.807) is 35.1 Å². The molecule has 24 heavy (non-hydrogen) atoms. The van der Waals surface area contributed by atoms with Crippen molar-refractivity contribution in [3.8, 4) is 5.69 Å². The number of hydrogen-bond acceptors (Lipinski definition) is 4. The van der Waals surface area contributed by atoms with Gasteiger partial charge in [-0.3, -0.25) is 19.4 Å². The van der Waals surface area contributed by atoms with E-state index < -0.39 is 17.8 Å². The van der Waals surface area contributed by atoms with Gasteiger partial charge in [0.05, 0.1) is 11.9 Å². The Morgan fingerprint density at radius 2 is 1.58 bits per heavy atom. The highest BCUT2D eigenvalue weighted by atomic mass is 35.5. The van der Waals surface area contributed by atoms with E-state index in [4.69, 9.17) is 11.6 Å². The second kappa shape index (κ2) is 5.93. The number of carbonyl (C=O) groups excluding carboxylic acids is 3. The average molecular weight is 345 g/mol. The van der Waals surface area contributed by atoms with Gasteiger partial charge < -0.3 is 0 Å². The first-order valence-electron chi connectivity index (χ1n) is 7.01. The molecule has 1 fully saturated rings. The molecule has 0 spiro atoms. The highest BCUT2D eigenvalue weighted by Gasteiger charge is 2.37. The maximum absolute atomic E-state index is 12.2. The van der Waals surface area contributed by atoms with Crippen molar-refractivity contribution in [2.75, 3.05) is 14.1 Å². The SMILES string of the molecule is CN1C(=O)C(=Cc2cnn(-c3ccc(Cl)cc3)c2)C(=O)N(C)C1=O. The van der Waals surface area contributed by atoms with E-state index in [2.05, 4.69) is 5.10 Å². The molecular formula is C16H13ClN4O3. The first kappa shape index (κ1) is 15.9. The Bertz CT molecular complexity index is 844. The van der Waals surface area contributed by atoms with Gasteiger partial charge in [0.2, 0.25) is 0 Å². The fourth-order valence-corrected chi connectivity index (χ4v) is 2.41. The zero-order chi connectivity index (χ0) is 17.4. The summed E-state index contributed by atoms with van der Waals surface area (Å²) in [7, 11) is 2.66. The largest absolute Gasteiger partial charge is 0.333 e. The number of benzene rings is 1. The zero-order valence-electron chi connectivity index (χ0n) is 12.9. The molecule has 0 N–H and O–H groups in total. The molecule has 1 saturated heterocycles. The predicted octanol–water partition coefficient (Wildman–Crippen LogP) is 1.96. The van der Waals surface area contributed by atoms with Gasteiger partial charge in [0.1, 0.15) is 5.57 Å². The number of nitrogens with zero attached hydrogens (tertiary/aromatic N) is 4. The highest BCUT2D eigenvalue weighted by molar-refractivity contribution is 6.31. The van der Waals surface area contributed by atoms with E-state index >= 15 is 0 Å². The summed E-state index contributed by atoms with van der Waals surface area (Å²) in [5.74, 6) is -1.27. The molecule has 1 aliphatic heterocycles. The summed E-state index contributed by atoms with van der Waals surface area (Å²) in [4.78, 5) is 37.8. The van der Waals surface area contributed by atoms with E-state index in [1.807, 2.05) is 0 Å². The van der Waals surface area contributed by atoms with Crippen LogP contribution in [0.4, 0.5) is 4.79 Å². The monoisotopic (exact) mass is 344 g/mol. The molecular weight excluding hydrogens is 332 g/mol. The number of likely N-dealkylation sites (N-methyl/N-ethyl adjacent to an activating group) is 2. The molecule has 0 saturated carbocycles. The molecule has 7 nitrogen and oxygen atoms in total. The lowest BCUT2D eigenvalue weighted by Crippen LogP contribution is -2.52. The summed E-state index contributed by atoms with van der Waals surface area (Å²) in [5.41, 5.74) is 1.27. The summed E-state index contributed by atoms with van der Waals surface area (Å²) < 4.78 is 1.60. The van der Waals surface area contributed by atoms with Gasteiger partial charge in [0.15, 0.2) is 0 Å². The van der Waals surface area contributed by atoms with Gasteiger partial charge in [-0.2, -0.15) is 5.10 Å². The fraction of sp³-hybridized carbons (Fsp3) is 0.125. The van der Waals surface area contributed by atoms with Crippen LogP contribution in [0.2, 0.25) is 5.02 Å².